The Hall–Kier alpha value is -3.36. The van der Waals surface area contributed by atoms with E-state index in [1.54, 1.807) is 25.1 Å². The van der Waals surface area contributed by atoms with Crippen LogP contribution in [0.4, 0.5) is 5.69 Å². The summed E-state index contributed by atoms with van der Waals surface area (Å²) >= 11 is 0. The van der Waals surface area contributed by atoms with E-state index in [0.29, 0.717) is 34.2 Å². The zero-order valence-corrected chi connectivity index (χ0v) is 14.7. The van der Waals surface area contributed by atoms with Gasteiger partial charge in [-0.3, -0.25) is 14.7 Å². The number of aromatic nitrogens is 4. The topological polar surface area (TPSA) is 111 Å². The number of aromatic amines is 1. The number of methoxy groups -OCH3 is 2. The van der Waals surface area contributed by atoms with E-state index in [4.69, 9.17) is 9.47 Å². The molecule has 0 aliphatic rings. The summed E-state index contributed by atoms with van der Waals surface area (Å²) < 4.78 is 11.6. The van der Waals surface area contributed by atoms with Crippen molar-refractivity contribution in [2.45, 2.75) is 19.8 Å². The van der Waals surface area contributed by atoms with Crippen molar-refractivity contribution in [1.82, 2.24) is 19.6 Å². The smallest absolute Gasteiger partial charge is 0.277 e. The van der Waals surface area contributed by atoms with E-state index in [0.717, 1.165) is 0 Å². The summed E-state index contributed by atoms with van der Waals surface area (Å²) in [5.41, 5.74) is 1.35. The Balaban J connectivity index is 1.73. The molecule has 26 heavy (non-hydrogen) atoms. The molecule has 0 aliphatic carbocycles. The number of hydrogen-bond acceptors (Lipinski definition) is 6. The fourth-order valence-corrected chi connectivity index (χ4v) is 2.62. The number of rotatable bonds is 6. The van der Waals surface area contributed by atoms with Gasteiger partial charge in [-0.25, -0.2) is 9.97 Å². The Morgan fingerprint density at radius 1 is 1.23 bits per heavy atom. The first-order valence-electron chi connectivity index (χ1n) is 7.96. The van der Waals surface area contributed by atoms with Gasteiger partial charge < -0.3 is 14.8 Å². The number of amides is 1. The molecule has 9 heteroatoms. The number of hydrogen-bond donors (Lipinski definition) is 2. The molecule has 9 nitrogen and oxygen atoms in total. The van der Waals surface area contributed by atoms with Gasteiger partial charge in [0.2, 0.25) is 5.91 Å². The first-order valence-corrected chi connectivity index (χ1v) is 7.96. The molecule has 2 N–H and O–H groups in total. The molecule has 0 atom stereocenters. The third-order valence-electron chi connectivity index (χ3n) is 3.97. The standard InChI is InChI=1S/C17H19N5O4/c1-10-14(16(24)22-17(20-10)18-9-19-22)4-5-15(23)21-11-6-12(25-2)8-13(7-11)26-3/h6-9H,4-5H2,1-3H3,(H,21,23)(H,18,19,20). The number of fused-ring (bicyclic) bond motifs is 1. The summed E-state index contributed by atoms with van der Waals surface area (Å²) in [6.45, 7) is 1.73. The molecule has 136 valence electrons. The fourth-order valence-electron chi connectivity index (χ4n) is 2.62. The maximum Gasteiger partial charge on any atom is 0.277 e. The van der Waals surface area contributed by atoms with Crippen LogP contribution in [-0.2, 0) is 11.2 Å². The lowest BCUT2D eigenvalue weighted by atomic mass is 10.1. The van der Waals surface area contributed by atoms with Gasteiger partial charge in [0, 0.05) is 35.9 Å². The second-order valence-corrected chi connectivity index (χ2v) is 5.65. The molecule has 2 heterocycles. The van der Waals surface area contributed by atoms with Gasteiger partial charge in [-0.05, 0) is 13.3 Å². The predicted octanol–water partition coefficient (Wildman–Crippen LogP) is 1.31. The Morgan fingerprint density at radius 3 is 2.58 bits per heavy atom. The van der Waals surface area contributed by atoms with Crippen molar-refractivity contribution >= 4 is 17.4 Å². The van der Waals surface area contributed by atoms with E-state index in [1.807, 2.05) is 0 Å². The molecule has 0 fully saturated rings. The predicted molar refractivity (Wildman–Crippen MR) is 94.8 cm³/mol. The van der Waals surface area contributed by atoms with Gasteiger partial charge in [0.05, 0.1) is 19.9 Å². The molecule has 2 aromatic heterocycles. The minimum absolute atomic E-state index is 0.136. The average molecular weight is 357 g/mol. The minimum Gasteiger partial charge on any atom is -0.497 e. The average Bonchev–Trinajstić information content (AvgIpc) is 3.09. The lowest BCUT2D eigenvalue weighted by molar-refractivity contribution is -0.116. The fraction of sp³-hybridized carbons (Fsp3) is 0.294. The molecule has 3 rings (SSSR count). The Kier molecular flexibility index (Phi) is 4.87. The van der Waals surface area contributed by atoms with Gasteiger partial charge in [0.25, 0.3) is 11.3 Å². The third-order valence-corrected chi connectivity index (χ3v) is 3.97. The zero-order valence-electron chi connectivity index (χ0n) is 14.7. The van der Waals surface area contributed by atoms with Gasteiger partial charge in [0.1, 0.15) is 17.8 Å². The first-order chi connectivity index (χ1) is 12.5. The van der Waals surface area contributed by atoms with Crippen molar-refractivity contribution in [3.8, 4) is 11.5 Å². The van der Waals surface area contributed by atoms with Gasteiger partial charge >= 0.3 is 0 Å². The molecule has 0 unspecified atom stereocenters. The van der Waals surface area contributed by atoms with Crippen LogP contribution >= 0.6 is 0 Å². The van der Waals surface area contributed by atoms with Crippen LogP contribution in [-0.4, -0.2) is 39.7 Å². The van der Waals surface area contributed by atoms with Gasteiger partial charge in [0.15, 0.2) is 0 Å². The van der Waals surface area contributed by atoms with Crippen molar-refractivity contribution in [3.63, 3.8) is 0 Å². The molecule has 0 radical (unpaired) electrons. The molecule has 1 amide bonds. The number of carbonyl (C=O) groups is 1. The molecule has 3 aromatic rings. The summed E-state index contributed by atoms with van der Waals surface area (Å²) in [5, 5.41) is 5.49. The summed E-state index contributed by atoms with van der Waals surface area (Å²) in [6.07, 6.45) is 1.81. The van der Waals surface area contributed by atoms with Crippen LogP contribution in [0.5, 0.6) is 11.5 Å². The number of aryl methyl sites for hydroxylation is 1. The van der Waals surface area contributed by atoms with Crippen molar-refractivity contribution in [2.24, 2.45) is 0 Å². The summed E-state index contributed by atoms with van der Waals surface area (Å²) in [5.74, 6) is 1.23. The number of nitrogens with one attached hydrogen (secondary N) is 2. The maximum absolute atomic E-state index is 12.4. The Bertz CT molecular complexity index is 986. The van der Waals surface area contributed by atoms with Crippen molar-refractivity contribution in [1.29, 1.82) is 0 Å². The van der Waals surface area contributed by atoms with Crippen LogP contribution in [0.25, 0.3) is 5.78 Å². The molecular formula is C17H19N5O4. The molecule has 1 aromatic carbocycles. The summed E-state index contributed by atoms with van der Waals surface area (Å²) in [7, 11) is 3.07. The van der Waals surface area contributed by atoms with Gasteiger partial charge in [-0.1, -0.05) is 0 Å². The molecule has 0 spiro atoms. The molecule has 0 bridgehead atoms. The molecule has 0 saturated carbocycles. The Morgan fingerprint density at radius 2 is 1.92 bits per heavy atom. The van der Waals surface area contributed by atoms with Crippen LogP contribution < -0.4 is 20.3 Å². The second-order valence-electron chi connectivity index (χ2n) is 5.65. The van der Waals surface area contributed by atoms with Crippen LogP contribution in [0, 0.1) is 6.92 Å². The SMILES string of the molecule is COc1cc(NC(=O)CCc2c(C)nc3nc[nH]n3c2=O)cc(OC)c1. The Labute approximate surface area is 149 Å². The van der Waals surface area contributed by atoms with Crippen molar-refractivity contribution in [3.05, 3.63) is 46.1 Å². The van der Waals surface area contributed by atoms with E-state index in [2.05, 4.69) is 20.4 Å². The van der Waals surface area contributed by atoms with E-state index in [-0.39, 0.29) is 24.3 Å². The molecular weight excluding hydrogens is 338 g/mol. The number of nitrogens with zero attached hydrogens (tertiary/aromatic N) is 3. The highest BCUT2D eigenvalue weighted by molar-refractivity contribution is 5.91. The van der Waals surface area contributed by atoms with Crippen molar-refractivity contribution in [2.75, 3.05) is 19.5 Å². The first kappa shape index (κ1) is 17.5. The number of anilines is 1. The largest absolute Gasteiger partial charge is 0.497 e. The van der Waals surface area contributed by atoms with Gasteiger partial charge in [-0.15, -0.1) is 0 Å². The number of carbonyl (C=O) groups excluding carboxylic acids is 1. The normalized spacial score (nSPS) is 10.7. The molecule has 0 aliphatic heterocycles. The van der Waals surface area contributed by atoms with Crippen LogP contribution in [0.3, 0.4) is 0 Å². The summed E-state index contributed by atoms with van der Waals surface area (Å²) in [4.78, 5) is 32.9. The van der Waals surface area contributed by atoms with Gasteiger partial charge in [-0.2, -0.15) is 4.52 Å². The van der Waals surface area contributed by atoms with Crippen LogP contribution in [0.1, 0.15) is 17.7 Å². The zero-order chi connectivity index (χ0) is 18.7. The van der Waals surface area contributed by atoms with E-state index in [9.17, 15) is 9.59 Å². The van der Waals surface area contributed by atoms with Crippen molar-refractivity contribution < 1.29 is 14.3 Å². The third kappa shape index (κ3) is 3.51. The minimum atomic E-state index is -0.249. The van der Waals surface area contributed by atoms with E-state index < -0.39 is 0 Å². The maximum atomic E-state index is 12.4. The molecule has 0 saturated heterocycles. The highest BCUT2D eigenvalue weighted by atomic mass is 16.5. The highest BCUT2D eigenvalue weighted by Crippen LogP contribution is 2.25. The number of H-pyrrole nitrogens is 1. The van der Waals surface area contributed by atoms with Crippen LogP contribution in [0.15, 0.2) is 29.3 Å². The van der Waals surface area contributed by atoms with E-state index in [1.165, 1.54) is 25.1 Å². The lowest BCUT2D eigenvalue weighted by Crippen LogP contribution is -2.23. The quantitative estimate of drug-likeness (QED) is 0.688. The van der Waals surface area contributed by atoms with E-state index >= 15 is 0 Å². The van der Waals surface area contributed by atoms with Crippen LogP contribution in [0.2, 0.25) is 0 Å². The lowest BCUT2D eigenvalue weighted by Gasteiger charge is -2.10. The summed E-state index contributed by atoms with van der Waals surface area (Å²) in [6, 6.07) is 5.10. The second kappa shape index (κ2) is 7.26. The monoisotopic (exact) mass is 357 g/mol. The number of benzene rings is 1. The highest BCUT2D eigenvalue weighted by Gasteiger charge is 2.13. The number of ether oxygens (including phenoxy) is 2.